The van der Waals surface area contributed by atoms with Gasteiger partial charge in [0.1, 0.15) is 6.04 Å². The van der Waals surface area contributed by atoms with Gasteiger partial charge in [0.2, 0.25) is 0 Å². The average molecular weight is 300 g/mol. The molecular weight excluding hydrogens is 284 g/mol. The molecule has 0 saturated heterocycles. The van der Waals surface area contributed by atoms with Gasteiger partial charge in [0, 0.05) is 5.56 Å². The zero-order valence-corrected chi connectivity index (χ0v) is 12.3. The molecule has 0 saturated carbocycles. The maximum atomic E-state index is 12.1. The summed E-state index contributed by atoms with van der Waals surface area (Å²) in [5.41, 5.74) is 4.06. The first kappa shape index (κ1) is 14.2. The second kappa shape index (κ2) is 5.59. The van der Waals surface area contributed by atoms with Gasteiger partial charge in [-0.3, -0.25) is 9.59 Å². The van der Waals surface area contributed by atoms with E-state index in [2.05, 4.69) is 15.5 Å². The number of hydrogen-bond acceptors (Lipinski definition) is 6. The smallest absolute Gasteiger partial charge is 0.308 e. The minimum Gasteiger partial charge on any atom is -0.463 e. The zero-order valence-electron chi connectivity index (χ0n) is 12.3. The maximum absolute atomic E-state index is 12.1. The number of nitrogens with one attached hydrogen (secondary N) is 1. The SMILES string of the molecule is CC(C)OC(=O)C[C@@H]1C(=O)NN=C2c3ccccc3N=CN21. The molecule has 2 aliphatic heterocycles. The average Bonchev–Trinajstić information content (AvgIpc) is 2.49. The van der Waals surface area contributed by atoms with Gasteiger partial charge in [0.15, 0.2) is 5.84 Å². The van der Waals surface area contributed by atoms with Crippen LogP contribution in [0.1, 0.15) is 25.8 Å². The molecule has 0 bridgehead atoms. The highest BCUT2D eigenvalue weighted by Gasteiger charge is 2.36. The van der Waals surface area contributed by atoms with Crippen molar-refractivity contribution in [2.75, 3.05) is 0 Å². The lowest BCUT2D eigenvalue weighted by Gasteiger charge is -2.34. The van der Waals surface area contributed by atoms with E-state index in [-0.39, 0.29) is 18.4 Å². The van der Waals surface area contributed by atoms with Gasteiger partial charge in [0.05, 0.1) is 24.6 Å². The van der Waals surface area contributed by atoms with Gasteiger partial charge in [-0.1, -0.05) is 12.1 Å². The van der Waals surface area contributed by atoms with Gasteiger partial charge in [-0.25, -0.2) is 10.4 Å². The fourth-order valence-electron chi connectivity index (χ4n) is 2.41. The lowest BCUT2D eigenvalue weighted by atomic mass is 10.1. The number of carbonyl (C=O) groups excluding carboxylic acids is 2. The van der Waals surface area contributed by atoms with E-state index in [1.54, 1.807) is 18.7 Å². The molecule has 0 aliphatic carbocycles. The highest BCUT2D eigenvalue weighted by molar-refractivity contribution is 6.14. The minimum atomic E-state index is -0.712. The summed E-state index contributed by atoms with van der Waals surface area (Å²) >= 11 is 0. The molecule has 0 spiro atoms. The van der Waals surface area contributed by atoms with Crippen molar-refractivity contribution in [1.82, 2.24) is 10.3 Å². The van der Waals surface area contributed by atoms with Crippen LogP contribution >= 0.6 is 0 Å². The second-order valence-corrected chi connectivity index (χ2v) is 5.34. The van der Waals surface area contributed by atoms with Crippen molar-refractivity contribution >= 4 is 29.7 Å². The van der Waals surface area contributed by atoms with Crippen molar-refractivity contribution in [3.8, 4) is 0 Å². The van der Waals surface area contributed by atoms with Crippen molar-refractivity contribution in [3.63, 3.8) is 0 Å². The number of fused-ring (bicyclic) bond motifs is 3. The van der Waals surface area contributed by atoms with Crippen LogP contribution in [0.3, 0.4) is 0 Å². The highest BCUT2D eigenvalue weighted by Crippen LogP contribution is 2.27. The number of benzene rings is 1. The maximum Gasteiger partial charge on any atom is 0.308 e. The number of amides is 1. The Morgan fingerprint density at radius 1 is 1.41 bits per heavy atom. The Labute approximate surface area is 127 Å². The lowest BCUT2D eigenvalue weighted by molar-refractivity contribution is -0.150. The van der Waals surface area contributed by atoms with E-state index >= 15 is 0 Å². The van der Waals surface area contributed by atoms with Crippen LogP contribution in [0.5, 0.6) is 0 Å². The number of carbonyl (C=O) groups is 2. The Bertz CT molecular complexity index is 681. The molecule has 1 N–H and O–H groups in total. The van der Waals surface area contributed by atoms with Crippen molar-refractivity contribution in [3.05, 3.63) is 29.8 Å². The Kier molecular flexibility index (Phi) is 3.62. The summed E-state index contributed by atoms with van der Waals surface area (Å²) in [5, 5.41) is 4.09. The molecule has 0 aromatic heterocycles. The first-order chi connectivity index (χ1) is 10.6. The molecule has 114 valence electrons. The van der Waals surface area contributed by atoms with Gasteiger partial charge in [-0.2, -0.15) is 5.10 Å². The van der Waals surface area contributed by atoms with Crippen LogP contribution in [0.15, 0.2) is 34.4 Å². The summed E-state index contributed by atoms with van der Waals surface area (Å²) < 4.78 is 5.12. The number of para-hydroxylation sites is 1. The van der Waals surface area contributed by atoms with Crippen molar-refractivity contribution in [1.29, 1.82) is 0 Å². The van der Waals surface area contributed by atoms with E-state index in [1.807, 2.05) is 24.3 Å². The Morgan fingerprint density at radius 2 is 2.18 bits per heavy atom. The standard InChI is InChI=1S/C15H16N4O3/c1-9(2)22-13(20)7-12-15(21)18-17-14-10-5-3-4-6-11(10)16-8-19(12)14/h3-6,8-9,12H,7H2,1-2H3,(H,18,21)/t12-/m1/s1. The predicted molar refractivity (Wildman–Crippen MR) is 80.7 cm³/mol. The summed E-state index contributed by atoms with van der Waals surface area (Å²) in [6.45, 7) is 3.54. The molecule has 2 aliphatic rings. The van der Waals surface area contributed by atoms with Gasteiger partial charge < -0.3 is 9.64 Å². The molecular formula is C15H16N4O3. The first-order valence-corrected chi connectivity index (χ1v) is 7.05. The topological polar surface area (TPSA) is 83.4 Å². The van der Waals surface area contributed by atoms with E-state index in [4.69, 9.17) is 4.74 Å². The molecule has 7 nitrogen and oxygen atoms in total. The largest absolute Gasteiger partial charge is 0.463 e. The normalized spacial score (nSPS) is 19.2. The van der Waals surface area contributed by atoms with E-state index < -0.39 is 12.0 Å². The van der Waals surface area contributed by atoms with Crippen LogP contribution in [-0.4, -0.2) is 41.1 Å². The van der Waals surface area contributed by atoms with E-state index in [9.17, 15) is 9.59 Å². The molecule has 1 aromatic rings. The molecule has 0 fully saturated rings. The summed E-state index contributed by atoms with van der Waals surface area (Å²) in [6.07, 6.45) is 1.26. The third-order valence-electron chi connectivity index (χ3n) is 3.35. The third-order valence-corrected chi connectivity index (χ3v) is 3.35. The quantitative estimate of drug-likeness (QED) is 0.849. The number of rotatable bonds is 3. The van der Waals surface area contributed by atoms with Crippen LogP contribution in [-0.2, 0) is 14.3 Å². The second-order valence-electron chi connectivity index (χ2n) is 5.34. The molecule has 2 heterocycles. The molecule has 22 heavy (non-hydrogen) atoms. The number of nitrogens with zero attached hydrogens (tertiary/aromatic N) is 3. The third kappa shape index (κ3) is 2.57. The number of aliphatic imine (C=N–C) groups is 1. The van der Waals surface area contributed by atoms with Crippen molar-refractivity contribution < 1.29 is 14.3 Å². The zero-order chi connectivity index (χ0) is 15.7. The monoisotopic (exact) mass is 300 g/mol. The van der Waals surface area contributed by atoms with Gasteiger partial charge >= 0.3 is 5.97 Å². The van der Waals surface area contributed by atoms with Crippen molar-refractivity contribution in [2.45, 2.75) is 32.4 Å². The number of hydrogen-bond donors (Lipinski definition) is 1. The molecule has 0 radical (unpaired) electrons. The number of hydrazone groups is 1. The Hall–Kier alpha value is -2.70. The number of ether oxygens (including phenoxy) is 1. The Balaban J connectivity index is 1.87. The molecule has 0 unspecified atom stereocenters. The first-order valence-electron chi connectivity index (χ1n) is 7.05. The van der Waals surface area contributed by atoms with Crippen LogP contribution in [0.4, 0.5) is 5.69 Å². The van der Waals surface area contributed by atoms with Gasteiger partial charge in [-0.15, -0.1) is 0 Å². The van der Waals surface area contributed by atoms with Crippen LogP contribution in [0.2, 0.25) is 0 Å². The van der Waals surface area contributed by atoms with Gasteiger partial charge in [-0.05, 0) is 26.0 Å². The summed E-state index contributed by atoms with van der Waals surface area (Å²) in [5.74, 6) is -0.202. The molecule has 1 amide bonds. The van der Waals surface area contributed by atoms with Crippen LogP contribution in [0, 0.1) is 0 Å². The summed E-state index contributed by atoms with van der Waals surface area (Å²) in [4.78, 5) is 29.9. The highest BCUT2D eigenvalue weighted by atomic mass is 16.5. The molecule has 1 aromatic carbocycles. The van der Waals surface area contributed by atoms with E-state index in [0.29, 0.717) is 5.84 Å². The van der Waals surface area contributed by atoms with E-state index in [1.165, 1.54) is 6.34 Å². The van der Waals surface area contributed by atoms with Gasteiger partial charge in [0.25, 0.3) is 5.91 Å². The van der Waals surface area contributed by atoms with Crippen molar-refractivity contribution in [2.24, 2.45) is 10.1 Å². The van der Waals surface area contributed by atoms with E-state index in [0.717, 1.165) is 11.3 Å². The Morgan fingerprint density at radius 3 is 2.95 bits per heavy atom. The minimum absolute atomic E-state index is 0.0583. The summed E-state index contributed by atoms with van der Waals surface area (Å²) in [7, 11) is 0. The molecule has 1 atom stereocenters. The number of esters is 1. The summed E-state index contributed by atoms with van der Waals surface area (Å²) in [6, 6.07) is 6.78. The fourth-order valence-corrected chi connectivity index (χ4v) is 2.41. The number of amidine groups is 1. The van der Waals surface area contributed by atoms with Crippen LogP contribution in [0.25, 0.3) is 0 Å². The molecule has 7 heteroatoms. The fraction of sp³-hybridized carbons (Fsp3) is 0.333. The molecule has 3 rings (SSSR count). The lowest BCUT2D eigenvalue weighted by Crippen LogP contribution is -2.54. The predicted octanol–water partition coefficient (Wildman–Crippen LogP) is 1.16. The van der Waals surface area contributed by atoms with Crippen LogP contribution < -0.4 is 5.43 Å².